The van der Waals surface area contributed by atoms with Crippen LogP contribution in [0.3, 0.4) is 0 Å². The van der Waals surface area contributed by atoms with E-state index in [1.807, 2.05) is 0 Å². The summed E-state index contributed by atoms with van der Waals surface area (Å²) in [7, 11) is 0. The summed E-state index contributed by atoms with van der Waals surface area (Å²) in [6, 6.07) is -0.0178. The largest absolute Gasteiger partial charge is 0.391 e. The first-order valence-corrected chi connectivity index (χ1v) is 7.50. The Labute approximate surface area is 117 Å². The summed E-state index contributed by atoms with van der Waals surface area (Å²) in [6.45, 7) is 0. The molecule has 2 rings (SSSR count). The van der Waals surface area contributed by atoms with Gasteiger partial charge in [-0.3, -0.25) is 4.79 Å². The van der Waals surface area contributed by atoms with Crippen molar-refractivity contribution in [2.75, 3.05) is 0 Å². The fourth-order valence-electron chi connectivity index (χ4n) is 3.32. The second-order valence-corrected chi connectivity index (χ2v) is 6.15. The number of carbonyl (C=O) groups is 1. The van der Waals surface area contributed by atoms with Gasteiger partial charge in [-0.05, 0) is 38.5 Å². The second-order valence-electron chi connectivity index (χ2n) is 6.15. The van der Waals surface area contributed by atoms with Crippen molar-refractivity contribution >= 4 is 5.91 Å². The number of nitrogens with one attached hydrogen (secondary N) is 1. The molecule has 3 N–H and O–H groups in total. The molecule has 0 spiro atoms. The molecule has 6 heteroatoms. The van der Waals surface area contributed by atoms with E-state index >= 15 is 0 Å². The van der Waals surface area contributed by atoms with Crippen LogP contribution in [0.1, 0.15) is 51.4 Å². The lowest BCUT2D eigenvalue weighted by molar-refractivity contribution is -0.184. The highest BCUT2D eigenvalue weighted by Gasteiger charge is 2.42. The van der Waals surface area contributed by atoms with Crippen LogP contribution in [0.2, 0.25) is 0 Å². The maximum Gasteiger partial charge on any atom is 0.391 e. The van der Waals surface area contributed by atoms with Crippen LogP contribution in [0.15, 0.2) is 0 Å². The van der Waals surface area contributed by atoms with Crippen LogP contribution in [0.4, 0.5) is 13.2 Å². The summed E-state index contributed by atoms with van der Waals surface area (Å²) >= 11 is 0. The van der Waals surface area contributed by atoms with Gasteiger partial charge in [0.25, 0.3) is 0 Å². The number of halogens is 3. The minimum atomic E-state index is -4.12. The average Bonchev–Trinajstić information content (AvgIpc) is 2.40. The van der Waals surface area contributed by atoms with Crippen LogP contribution in [0.5, 0.6) is 0 Å². The molecule has 0 aromatic carbocycles. The molecule has 1 amide bonds. The molecule has 0 radical (unpaired) electrons. The molecule has 2 fully saturated rings. The molecular weight excluding hydrogens is 269 g/mol. The lowest BCUT2D eigenvalue weighted by Crippen LogP contribution is -2.51. The van der Waals surface area contributed by atoms with Crippen molar-refractivity contribution in [3.8, 4) is 0 Å². The smallest absolute Gasteiger partial charge is 0.352 e. The van der Waals surface area contributed by atoms with E-state index in [4.69, 9.17) is 5.73 Å². The number of hydrogen-bond donors (Lipinski definition) is 2. The number of hydrogen-bond acceptors (Lipinski definition) is 2. The zero-order chi connectivity index (χ0) is 14.8. The zero-order valence-electron chi connectivity index (χ0n) is 11.6. The highest BCUT2D eigenvalue weighted by Crippen LogP contribution is 2.39. The summed E-state index contributed by atoms with van der Waals surface area (Å²) in [5, 5.41) is 2.95. The predicted molar refractivity (Wildman–Crippen MR) is 69.9 cm³/mol. The Balaban J connectivity index is 1.80. The molecule has 0 heterocycles. The van der Waals surface area contributed by atoms with Crippen LogP contribution in [0.25, 0.3) is 0 Å². The van der Waals surface area contributed by atoms with Crippen LogP contribution >= 0.6 is 0 Å². The van der Waals surface area contributed by atoms with Crippen LogP contribution in [-0.2, 0) is 4.79 Å². The Morgan fingerprint density at radius 1 is 1.00 bits per heavy atom. The van der Waals surface area contributed by atoms with Crippen molar-refractivity contribution in [3.05, 3.63) is 0 Å². The fourth-order valence-corrected chi connectivity index (χ4v) is 3.32. The number of rotatable bonds is 2. The van der Waals surface area contributed by atoms with Crippen molar-refractivity contribution in [1.82, 2.24) is 5.32 Å². The van der Waals surface area contributed by atoms with Gasteiger partial charge < -0.3 is 11.1 Å². The van der Waals surface area contributed by atoms with E-state index in [2.05, 4.69) is 5.32 Å². The molecule has 0 bridgehead atoms. The summed E-state index contributed by atoms with van der Waals surface area (Å²) < 4.78 is 37.7. The Bertz CT molecular complexity index is 338. The molecule has 0 aliphatic heterocycles. The maximum absolute atomic E-state index is 12.6. The second kappa shape index (κ2) is 6.33. The van der Waals surface area contributed by atoms with Crippen molar-refractivity contribution in [1.29, 1.82) is 0 Å². The van der Waals surface area contributed by atoms with Crippen molar-refractivity contribution < 1.29 is 18.0 Å². The third-order valence-electron chi connectivity index (χ3n) is 4.71. The van der Waals surface area contributed by atoms with E-state index in [-0.39, 0.29) is 36.8 Å². The van der Waals surface area contributed by atoms with E-state index in [0.29, 0.717) is 12.8 Å². The molecular formula is C14H23F3N2O. The summed E-state index contributed by atoms with van der Waals surface area (Å²) in [5.74, 6) is -1.61. The van der Waals surface area contributed by atoms with Crippen molar-refractivity contribution in [3.63, 3.8) is 0 Å². The highest BCUT2D eigenvalue weighted by molar-refractivity contribution is 5.79. The molecule has 2 aliphatic rings. The molecule has 2 saturated carbocycles. The third kappa shape index (κ3) is 3.87. The van der Waals surface area contributed by atoms with Crippen LogP contribution < -0.4 is 11.1 Å². The summed E-state index contributed by atoms with van der Waals surface area (Å²) in [4.78, 5) is 12.1. The minimum absolute atomic E-state index is 0.00316. The van der Waals surface area contributed by atoms with Gasteiger partial charge >= 0.3 is 6.18 Å². The zero-order valence-corrected chi connectivity index (χ0v) is 11.6. The Morgan fingerprint density at radius 2 is 1.60 bits per heavy atom. The monoisotopic (exact) mass is 292 g/mol. The molecule has 0 aromatic rings. The van der Waals surface area contributed by atoms with E-state index in [1.54, 1.807) is 0 Å². The SMILES string of the molecule is NC1CCCCC1NC(=O)C1CCC(C(F)(F)F)CC1. The van der Waals surface area contributed by atoms with Crippen LogP contribution in [-0.4, -0.2) is 24.2 Å². The van der Waals surface area contributed by atoms with Crippen molar-refractivity contribution in [2.24, 2.45) is 17.6 Å². The Hall–Kier alpha value is -0.780. The van der Waals surface area contributed by atoms with Gasteiger partial charge in [0.05, 0.1) is 5.92 Å². The van der Waals surface area contributed by atoms with Gasteiger partial charge in [-0.25, -0.2) is 0 Å². The average molecular weight is 292 g/mol. The lowest BCUT2D eigenvalue weighted by Gasteiger charge is -2.33. The normalized spacial score (nSPS) is 35.6. The predicted octanol–water partition coefficient (Wildman–Crippen LogP) is 2.74. The molecule has 2 atom stereocenters. The van der Waals surface area contributed by atoms with Gasteiger partial charge in [0, 0.05) is 18.0 Å². The Morgan fingerprint density at radius 3 is 2.15 bits per heavy atom. The number of carbonyl (C=O) groups excluding carboxylic acids is 1. The van der Waals surface area contributed by atoms with Crippen molar-refractivity contribution in [2.45, 2.75) is 69.6 Å². The quantitative estimate of drug-likeness (QED) is 0.822. The first kappa shape index (κ1) is 15.6. The number of alkyl halides is 3. The highest BCUT2D eigenvalue weighted by atomic mass is 19.4. The van der Waals surface area contributed by atoms with E-state index in [0.717, 1.165) is 25.7 Å². The summed E-state index contributed by atoms with van der Waals surface area (Å²) in [5.41, 5.74) is 5.97. The number of nitrogens with two attached hydrogens (primary N) is 1. The molecule has 116 valence electrons. The van der Waals surface area contributed by atoms with Gasteiger partial charge in [-0.2, -0.15) is 13.2 Å². The van der Waals surface area contributed by atoms with E-state index in [9.17, 15) is 18.0 Å². The van der Waals surface area contributed by atoms with Gasteiger partial charge in [-0.15, -0.1) is 0 Å². The van der Waals surface area contributed by atoms with Gasteiger partial charge in [0.2, 0.25) is 5.91 Å². The first-order valence-electron chi connectivity index (χ1n) is 7.50. The lowest BCUT2D eigenvalue weighted by atomic mass is 9.81. The van der Waals surface area contributed by atoms with Gasteiger partial charge in [-0.1, -0.05) is 12.8 Å². The Kier molecular flexibility index (Phi) is 4.94. The van der Waals surface area contributed by atoms with E-state index in [1.165, 1.54) is 0 Å². The molecule has 2 unspecified atom stereocenters. The number of amides is 1. The molecule has 0 aromatic heterocycles. The maximum atomic E-state index is 12.6. The molecule has 3 nitrogen and oxygen atoms in total. The van der Waals surface area contributed by atoms with Crippen LogP contribution in [0, 0.1) is 11.8 Å². The summed E-state index contributed by atoms with van der Waals surface area (Å²) in [6.07, 6.45) is 0.611. The molecule has 0 saturated heterocycles. The third-order valence-corrected chi connectivity index (χ3v) is 4.71. The first-order chi connectivity index (χ1) is 9.38. The van der Waals surface area contributed by atoms with Gasteiger partial charge in [0.1, 0.15) is 0 Å². The molecule has 20 heavy (non-hydrogen) atoms. The minimum Gasteiger partial charge on any atom is -0.352 e. The van der Waals surface area contributed by atoms with Gasteiger partial charge in [0.15, 0.2) is 0 Å². The topological polar surface area (TPSA) is 55.1 Å². The molecule has 2 aliphatic carbocycles. The fraction of sp³-hybridized carbons (Fsp3) is 0.929. The van der Waals surface area contributed by atoms with E-state index < -0.39 is 12.1 Å². The standard InChI is InChI=1S/C14H23F3N2O/c15-14(16,17)10-7-5-9(6-8-10)13(20)19-12-4-2-1-3-11(12)18/h9-12H,1-8,18H2,(H,19,20).